The zero-order valence-electron chi connectivity index (χ0n) is 17.5. The molecule has 0 saturated carbocycles. The van der Waals surface area contributed by atoms with Gasteiger partial charge >= 0.3 is 0 Å². The Morgan fingerprint density at radius 2 is 1.89 bits per heavy atom. The number of benzene rings is 1. The highest BCUT2D eigenvalue weighted by Crippen LogP contribution is 2.30. The van der Waals surface area contributed by atoms with E-state index in [-0.39, 0.29) is 29.4 Å². The van der Waals surface area contributed by atoms with Crippen LogP contribution in [0.3, 0.4) is 0 Å². The Labute approximate surface area is 181 Å². The highest BCUT2D eigenvalue weighted by molar-refractivity contribution is 14.0. The highest BCUT2D eigenvalue weighted by Gasteiger charge is 2.21. The number of hydrogen-bond acceptors (Lipinski definition) is 3. The Kier molecular flexibility index (Phi) is 10.4. The van der Waals surface area contributed by atoms with E-state index in [1.54, 1.807) is 0 Å². The van der Waals surface area contributed by atoms with Gasteiger partial charge in [0.15, 0.2) is 5.96 Å². The van der Waals surface area contributed by atoms with Crippen molar-refractivity contribution in [3.05, 3.63) is 29.8 Å². The van der Waals surface area contributed by atoms with Crippen LogP contribution in [0.15, 0.2) is 29.3 Å². The molecule has 0 unspecified atom stereocenters. The summed E-state index contributed by atoms with van der Waals surface area (Å²) in [5, 5.41) is 3.42. The highest BCUT2D eigenvalue weighted by atomic mass is 127. The summed E-state index contributed by atoms with van der Waals surface area (Å²) in [6.45, 7) is 12.8. The number of ether oxygens (including phenoxy) is 2. The largest absolute Gasteiger partial charge is 0.491 e. The summed E-state index contributed by atoms with van der Waals surface area (Å²) in [7, 11) is 1.84. The Hall–Kier alpha value is -1.02. The third kappa shape index (κ3) is 7.49. The van der Waals surface area contributed by atoms with Crippen LogP contribution in [0.1, 0.15) is 46.1 Å². The van der Waals surface area contributed by atoms with Crippen molar-refractivity contribution in [1.82, 2.24) is 10.2 Å². The lowest BCUT2D eigenvalue weighted by Gasteiger charge is -2.34. The lowest BCUT2D eigenvalue weighted by Crippen LogP contribution is -2.47. The Morgan fingerprint density at radius 1 is 1.22 bits per heavy atom. The number of likely N-dealkylation sites (tertiary alicyclic amines) is 1. The maximum absolute atomic E-state index is 6.04. The molecular formula is C21H36IN3O2. The van der Waals surface area contributed by atoms with E-state index in [1.807, 2.05) is 19.2 Å². The number of nitrogens with zero attached hydrogens (tertiary/aromatic N) is 2. The number of halogens is 1. The predicted octanol–water partition coefficient (Wildman–Crippen LogP) is 4.06. The van der Waals surface area contributed by atoms with E-state index in [0.29, 0.717) is 12.7 Å². The fourth-order valence-electron chi connectivity index (χ4n) is 3.34. The van der Waals surface area contributed by atoms with Gasteiger partial charge in [0.05, 0.1) is 12.6 Å². The number of nitrogens with one attached hydrogen (secondary N) is 1. The van der Waals surface area contributed by atoms with Gasteiger partial charge in [-0.3, -0.25) is 4.99 Å². The van der Waals surface area contributed by atoms with Crippen molar-refractivity contribution in [2.24, 2.45) is 4.99 Å². The summed E-state index contributed by atoms with van der Waals surface area (Å²) in [4.78, 5) is 6.72. The molecule has 0 aliphatic carbocycles. The molecule has 0 amide bonds. The molecule has 5 nitrogen and oxygen atoms in total. The Bertz CT molecular complexity index is 579. The Morgan fingerprint density at radius 3 is 2.48 bits per heavy atom. The second-order valence-corrected chi connectivity index (χ2v) is 7.71. The minimum Gasteiger partial charge on any atom is -0.491 e. The average molecular weight is 489 g/mol. The molecule has 1 aromatic rings. The SMILES string of the molecule is CCOC1CCN(C(=NC)NCCOc2ccccc2C(C)(C)C)CC1.I. The number of piperidine rings is 1. The lowest BCUT2D eigenvalue weighted by atomic mass is 9.86. The number of para-hydroxylation sites is 1. The molecule has 0 bridgehead atoms. The Balaban J connectivity index is 0.00000364. The van der Waals surface area contributed by atoms with Crippen LogP contribution in [0, 0.1) is 0 Å². The molecular weight excluding hydrogens is 453 g/mol. The van der Waals surface area contributed by atoms with Crippen molar-refractivity contribution >= 4 is 29.9 Å². The van der Waals surface area contributed by atoms with Crippen LogP contribution < -0.4 is 10.1 Å². The van der Waals surface area contributed by atoms with Crippen LogP contribution in [0.5, 0.6) is 5.75 Å². The van der Waals surface area contributed by atoms with Crippen LogP contribution in [-0.2, 0) is 10.2 Å². The molecule has 2 rings (SSSR count). The van der Waals surface area contributed by atoms with Gasteiger partial charge in [-0.05, 0) is 36.8 Å². The maximum Gasteiger partial charge on any atom is 0.193 e. The first-order valence-electron chi connectivity index (χ1n) is 9.75. The zero-order valence-corrected chi connectivity index (χ0v) is 19.8. The minimum atomic E-state index is 0. The standard InChI is InChI=1S/C21H35N3O2.HI/c1-6-25-17-11-14-24(15-12-17)20(22-5)23-13-16-26-19-10-8-7-9-18(19)21(2,3)4;/h7-10,17H,6,11-16H2,1-5H3,(H,22,23);1H. The van der Waals surface area contributed by atoms with Gasteiger partial charge in [0.25, 0.3) is 0 Å². The first-order valence-corrected chi connectivity index (χ1v) is 9.75. The molecule has 1 aliphatic heterocycles. The van der Waals surface area contributed by atoms with Gasteiger partial charge in [0.2, 0.25) is 0 Å². The first-order chi connectivity index (χ1) is 12.5. The van der Waals surface area contributed by atoms with Crippen LogP contribution in [0.4, 0.5) is 0 Å². The normalized spacial score (nSPS) is 16.0. The van der Waals surface area contributed by atoms with E-state index in [0.717, 1.165) is 50.8 Å². The van der Waals surface area contributed by atoms with Crippen molar-refractivity contribution in [2.45, 2.75) is 52.1 Å². The molecule has 1 aromatic carbocycles. The minimum absolute atomic E-state index is 0. The van der Waals surface area contributed by atoms with E-state index in [4.69, 9.17) is 9.47 Å². The van der Waals surface area contributed by atoms with Crippen molar-refractivity contribution in [3.8, 4) is 5.75 Å². The quantitative estimate of drug-likeness (QED) is 0.284. The molecule has 1 aliphatic rings. The van der Waals surface area contributed by atoms with Gasteiger partial charge in [-0.25, -0.2) is 0 Å². The van der Waals surface area contributed by atoms with Crippen LogP contribution in [0.25, 0.3) is 0 Å². The monoisotopic (exact) mass is 489 g/mol. The second-order valence-electron chi connectivity index (χ2n) is 7.71. The van der Waals surface area contributed by atoms with Gasteiger partial charge in [-0.1, -0.05) is 39.0 Å². The van der Waals surface area contributed by atoms with Gasteiger partial charge in [0, 0.05) is 26.7 Å². The van der Waals surface area contributed by atoms with E-state index in [2.05, 4.69) is 55.0 Å². The zero-order chi connectivity index (χ0) is 19.0. The topological polar surface area (TPSA) is 46.1 Å². The van der Waals surface area contributed by atoms with E-state index in [9.17, 15) is 0 Å². The second kappa shape index (κ2) is 11.7. The average Bonchev–Trinajstić information content (AvgIpc) is 2.62. The van der Waals surface area contributed by atoms with Crippen molar-refractivity contribution in [3.63, 3.8) is 0 Å². The summed E-state index contributed by atoms with van der Waals surface area (Å²) in [5.74, 6) is 1.92. The fourth-order valence-corrected chi connectivity index (χ4v) is 3.34. The van der Waals surface area contributed by atoms with Crippen LogP contribution >= 0.6 is 24.0 Å². The van der Waals surface area contributed by atoms with Crippen molar-refractivity contribution < 1.29 is 9.47 Å². The molecule has 0 aromatic heterocycles. The lowest BCUT2D eigenvalue weighted by molar-refractivity contribution is 0.0263. The summed E-state index contributed by atoms with van der Waals surface area (Å²) in [6.07, 6.45) is 2.51. The number of hydrogen-bond donors (Lipinski definition) is 1. The summed E-state index contributed by atoms with van der Waals surface area (Å²) in [6, 6.07) is 8.29. The third-order valence-electron chi connectivity index (χ3n) is 4.69. The molecule has 6 heteroatoms. The van der Waals surface area contributed by atoms with E-state index >= 15 is 0 Å². The van der Waals surface area contributed by atoms with Crippen LogP contribution in [-0.4, -0.2) is 56.9 Å². The molecule has 0 radical (unpaired) electrons. The molecule has 1 heterocycles. The molecule has 1 fully saturated rings. The summed E-state index contributed by atoms with van der Waals surface area (Å²) >= 11 is 0. The first kappa shape index (κ1) is 24.0. The van der Waals surface area contributed by atoms with Gasteiger partial charge in [0.1, 0.15) is 12.4 Å². The molecule has 154 valence electrons. The molecule has 0 spiro atoms. The van der Waals surface area contributed by atoms with E-state index < -0.39 is 0 Å². The van der Waals surface area contributed by atoms with E-state index in [1.165, 1.54) is 5.56 Å². The van der Waals surface area contributed by atoms with Crippen molar-refractivity contribution in [2.75, 3.05) is 39.9 Å². The number of aliphatic imine (C=N–C) groups is 1. The molecule has 1 saturated heterocycles. The smallest absolute Gasteiger partial charge is 0.193 e. The fraction of sp³-hybridized carbons (Fsp3) is 0.667. The summed E-state index contributed by atoms with van der Waals surface area (Å²) in [5.41, 5.74) is 1.31. The summed E-state index contributed by atoms with van der Waals surface area (Å²) < 4.78 is 11.8. The number of rotatable bonds is 6. The third-order valence-corrected chi connectivity index (χ3v) is 4.69. The van der Waals surface area contributed by atoms with Crippen LogP contribution in [0.2, 0.25) is 0 Å². The maximum atomic E-state index is 6.04. The molecule has 1 N–H and O–H groups in total. The molecule has 0 atom stereocenters. The van der Waals surface area contributed by atoms with Gasteiger partial charge in [-0.2, -0.15) is 0 Å². The van der Waals surface area contributed by atoms with Crippen molar-refractivity contribution in [1.29, 1.82) is 0 Å². The van der Waals surface area contributed by atoms with Gasteiger partial charge in [-0.15, -0.1) is 24.0 Å². The van der Waals surface area contributed by atoms with Gasteiger partial charge < -0.3 is 19.7 Å². The molecule has 27 heavy (non-hydrogen) atoms. The predicted molar refractivity (Wildman–Crippen MR) is 124 cm³/mol. The number of guanidine groups is 1.